The van der Waals surface area contributed by atoms with Gasteiger partial charge in [-0.15, -0.1) is 0 Å². The molecule has 1 fully saturated rings. The number of halogens is 1. The number of nitrogens with zero attached hydrogens (tertiary/aromatic N) is 1. The minimum atomic E-state index is -0.554. The van der Waals surface area contributed by atoms with Crippen LogP contribution in [0.2, 0.25) is 5.02 Å². The summed E-state index contributed by atoms with van der Waals surface area (Å²) in [4.78, 5) is 29.2. The van der Waals surface area contributed by atoms with Crippen LogP contribution in [-0.2, 0) is 16.1 Å². The lowest BCUT2D eigenvalue weighted by molar-refractivity contribution is -0.141. The molecule has 1 saturated carbocycles. The van der Waals surface area contributed by atoms with Crippen molar-refractivity contribution < 1.29 is 9.59 Å². The molecule has 0 spiro atoms. The molecule has 3 aromatic carbocycles. The molecule has 0 bridgehead atoms. The van der Waals surface area contributed by atoms with Gasteiger partial charge in [-0.1, -0.05) is 110 Å². The first-order valence-electron chi connectivity index (χ1n) is 13.0. The molecule has 2 amide bonds. The third-order valence-corrected chi connectivity index (χ3v) is 7.54. The van der Waals surface area contributed by atoms with Crippen molar-refractivity contribution in [2.75, 3.05) is 0 Å². The molecule has 0 heterocycles. The van der Waals surface area contributed by atoms with Crippen LogP contribution < -0.4 is 5.32 Å². The van der Waals surface area contributed by atoms with Crippen molar-refractivity contribution in [3.8, 4) is 0 Å². The molecule has 1 aliphatic rings. The molecule has 4 rings (SSSR count). The van der Waals surface area contributed by atoms with Crippen molar-refractivity contribution in [2.45, 2.75) is 70.0 Å². The largest absolute Gasteiger partial charge is 0.352 e. The maximum atomic E-state index is 14.1. The molecule has 4 nitrogen and oxygen atoms in total. The van der Waals surface area contributed by atoms with Crippen molar-refractivity contribution in [3.63, 3.8) is 0 Å². The summed E-state index contributed by atoms with van der Waals surface area (Å²) in [6.45, 7) is 2.27. The summed E-state index contributed by atoms with van der Waals surface area (Å²) in [5, 5.41) is 3.82. The van der Waals surface area contributed by atoms with E-state index in [0.29, 0.717) is 18.0 Å². The molecule has 1 N–H and O–H groups in total. The zero-order chi connectivity index (χ0) is 25.3. The Hall–Kier alpha value is -3.11. The second-order valence-electron chi connectivity index (χ2n) is 9.61. The maximum Gasteiger partial charge on any atom is 0.243 e. The minimum absolute atomic E-state index is 0.0546. The Morgan fingerprint density at radius 1 is 0.889 bits per heavy atom. The first-order valence-corrected chi connectivity index (χ1v) is 13.4. The average Bonchev–Trinajstić information content (AvgIpc) is 3.42. The summed E-state index contributed by atoms with van der Waals surface area (Å²) in [6, 6.07) is 27.4. The lowest BCUT2D eigenvalue weighted by Gasteiger charge is -2.33. The predicted octanol–water partition coefficient (Wildman–Crippen LogP) is 6.73. The first-order chi connectivity index (χ1) is 17.6. The molecule has 0 unspecified atom stereocenters. The van der Waals surface area contributed by atoms with Crippen LogP contribution in [0.1, 0.15) is 68.1 Å². The fraction of sp³-hybridized carbons (Fsp3) is 0.355. The van der Waals surface area contributed by atoms with Crippen molar-refractivity contribution in [1.82, 2.24) is 10.2 Å². The normalized spacial score (nSPS) is 14.5. The Bertz CT molecular complexity index is 1090. The predicted molar refractivity (Wildman–Crippen MR) is 146 cm³/mol. The van der Waals surface area contributed by atoms with E-state index < -0.39 is 6.04 Å². The van der Waals surface area contributed by atoms with Gasteiger partial charge in [0.1, 0.15) is 6.04 Å². The molecule has 36 heavy (non-hydrogen) atoms. The van der Waals surface area contributed by atoms with Gasteiger partial charge in [-0.05, 0) is 42.0 Å². The number of carbonyl (C=O) groups excluding carboxylic acids is 2. The molecule has 0 aliphatic heterocycles. The second kappa shape index (κ2) is 12.7. The summed E-state index contributed by atoms with van der Waals surface area (Å²) in [5.74, 6) is -0.231. The van der Waals surface area contributed by atoms with E-state index in [0.717, 1.165) is 42.4 Å². The van der Waals surface area contributed by atoms with Gasteiger partial charge in [-0.3, -0.25) is 9.59 Å². The molecule has 3 aromatic rings. The maximum absolute atomic E-state index is 14.1. The molecular weight excluding hydrogens is 468 g/mol. The van der Waals surface area contributed by atoms with Gasteiger partial charge in [0.05, 0.1) is 0 Å². The third kappa shape index (κ3) is 6.55. The van der Waals surface area contributed by atoms with Crippen LogP contribution in [0.3, 0.4) is 0 Å². The Morgan fingerprint density at radius 3 is 2.00 bits per heavy atom. The third-order valence-electron chi connectivity index (χ3n) is 7.17. The lowest BCUT2D eigenvalue weighted by Crippen LogP contribution is -2.51. The SMILES string of the molecule is CC[C@@H](C(=O)NC1CCCC1)N(Cc1ccccc1Cl)C(=O)CC(c1ccccc1)c1ccccc1. The minimum Gasteiger partial charge on any atom is -0.352 e. The van der Waals surface area contributed by atoms with E-state index in [4.69, 9.17) is 11.6 Å². The molecular formula is C31H35ClN2O2. The van der Waals surface area contributed by atoms with E-state index in [1.807, 2.05) is 67.6 Å². The number of benzene rings is 3. The number of amides is 2. The molecule has 1 aliphatic carbocycles. The number of hydrogen-bond donors (Lipinski definition) is 1. The summed E-state index contributed by atoms with van der Waals surface area (Å²) in [7, 11) is 0. The monoisotopic (exact) mass is 502 g/mol. The van der Waals surface area contributed by atoms with Gasteiger partial charge in [0, 0.05) is 29.9 Å². The Morgan fingerprint density at radius 2 is 1.44 bits per heavy atom. The number of hydrogen-bond acceptors (Lipinski definition) is 2. The summed E-state index contributed by atoms with van der Waals surface area (Å²) < 4.78 is 0. The second-order valence-corrected chi connectivity index (χ2v) is 10.0. The van der Waals surface area contributed by atoms with E-state index in [9.17, 15) is 9.59 Å². The Kier molecular flexibility index (Phi) is 9.18. The van der Waals surface area contributed by atoms with Crippen molar-refractivity contribution in [2.24, 2.45) is 0 Å². The fourth-order valence-electron chi connectivity index (χ4n) is 5.19. The van der Waals surface area contributed by atoms with Crippen LogP contribution in [0.4, 0.5) is 0 Å². The van der Waals surface area contributed by atoms with E-state index in [-0.39, 0.29) is 30.2 Å². The average molecular weight is 503 g/mol. The van der Waals surface area contributed by atoms with Gasteiger partial charge in [0.25, 0.3) is 0 Å². The van der Waals surface area contributed by atoms with Gasteiger partial charge in [0.15, 0.2) is 0 Å². The topological polar surface area (TPSA) is 49.4 Å². The number of carbonyl (C=O) groups is 2. The van der Waals surface area contributed by atoms with Crippen molar-refractivity contribution in [1.29, 1.82) is 0 Å². The van der Waals surface area contributed by atoms with Gasteiger partial charge >= 0.3 is 0 Å². The zero-order valence-electron chi connectivity index (χ0n) is 20.9. The van der Waals surface area contributed by atoms with Gasteiger partial charge < -0.3 is 10.2 Å². The van der Waals surface area contributed by atoms with Gasteiger partial charge in [-0.25, -0.2) is 0 Å². The Labute approximate surface area is 219 Å². The fourth-order valence-corrected chi connectivity index (χ4v) is 5.38. The van der Waals surface area contributed by atoms with E-state index in [2.05, 4.69) is 29.6 Å². The molecule has 0 radical (unpaired) electrons. The van der Waals surface area contributed by atoms with Gasteiger partial charge in [0.2, 0.25) is 11.8 Å². The van der Waals surface area contributed by atoms with Crippen molar-refractivity contribution in [3.05, 3.63) is 107 Å². The highest BCUT2D eigenvalue weighted by Crippen LogP contribution is 2.30. The van der Waals surface area contributed by atoms with Crippen molar-refractivity contribution >= 4 is 23.4 Å². The molecule has 1 atom stereocenters. The zero-order valence-corrected chi connectivity index (χ0v) is 21.7. The molecule has 5 heteroatoms. The van der Waals surface area contributed by atoms with Crippen LogP contribution in [-0.4, -0.2) is 28.8 Å². The summed E-state index contributed by atoms with van der Waals surface area (Å²) >= 11 is 6.50. The van der Waals surface area contributed by atoms with Crippen LogP contribution in [0.25, 0.3) is 0 Å². The van der Waals surface area contributed by atoms with Crippen LogP contribution in [0.15, 0.2) is 84.9 Å². The standard InChI is InChI=1S/C31H35ClN2O2/c1-2-29(31(36)33-26-18-10-11-19-26)34(22-25-17-9-12-20-28(25)32)30(35)21-27(23-13-5-3-6-14-23)24-15-7-4-8-16-24/h3-9,12-17,20,26-27,29H,2,10-11,18-19,21-22H2,1H3,(H,33,36)/t29-/m0/s1. The lowest BCUT2D eigenvalue weighted by atomic mass is 9.88. The molecule has 0 saturated heterocycles. The highest BCUT2D eigenvalue weighted by molar-refractivity contribution is 6.31. The summed E-state index contributed by atoms with van der Waals surface area (Å²) in [6.07, 6.45) is 5.09. The molecule has 0 aromatic heterocycles. The van der Waals surface area contributed by atoms with Gasteiger partial charge in [-0.2, -0.15) is 0 Å². The number of rotatable bonds is 10. The number of nitrogens with one attached hydrogen (secondary N) is 1. The van der Waals surface area contributed by atoms with Crippen LogP contribution in [0, 0.1) is 0 Å². The highest BCUT2D eigenvalue weighted by atomic mass is 35.5. The van der Waals surface area contributed by atoms with Crippen LogP contribution in [0.5, 0.6) is 0 Å². The van der Waals surface area contributed by atoms with E-state index in [1.54, 1.807) is 4.90 Å². The Balaban J connectivity index is 1.64. The quantitative estimate of drug-likeness (QED) is 0.334. The highest BCUT2D eigenvalue weighted by Gasteiger charge is 2.32. The smallest absolute Gasteiger partial charge is 0.243 e. The van der Waals surface area contributed by atoms with E-state index in [1.165, 1.54) is 0 Å². The summed E-state index contributed by atoms with van der Waals surface area (Å²) in [5.41, 5.74) is 3.01. The van der Waals surface area contributed by atoms with E-state index >= 15 is 0 Å². The van der Waals surface area contributed by atoms with Crippen LogP contribution >= 0.6 is 11.6 Å². The molecule has 188 valence electrons. The first kappa shape index (κ1) is 26.0.